The standard InChI is InChI=1S/C15H16N4OS/c1-2-3-4-8-13-18-19-15(21-13)17-14(20)12-7-5-6-11(9-12)10-16/h5-7,9H,2-4,8H2,1H3,(H,17,19,20). The van der Waals surface area contributed by atoms with Gasteiger partial charge in [-0.15, -0.1) is 10.2 Å². The molecule has 0 aliphatic heterocycles. The van der Waals surface area contributed by atoms with Crippen LogP contribution in [0.15, 0.2) is 24.3 Å². The van der Waals surface area contributed by atoms with Crippen molar-refractivity contribution in [3.05, 3.63) is 40.4 Å². The van der Waals surface area contributed by atoms with E-state index in [1.54, 1.807) is 24.3 Å². The average molecular weight is 300 g/mol. The maximum Gasteiger partial charge on any atom is 0.257 e. The first-order valence-corrected chi connectivity index (χ1v) is 7.68. The Kier molecular flexibility index (Phi) is 5.41. The van der Waals surface area contributed by atoms with Crippen molar-refractivity contribution in [1.29, 1.82) is 5.26 Å². The van der Waals surface area contributed by atoms with Crippen LogP contribution in [0, 0.1) is 11.3 Å². The Morgan fingerprint density at radius 1 is 1.38 bits per heavy atom. The van der Waals surface area contributed by atoms with E-state index in [2.05, 4.69) is 22.4 Å². The molecule has 0 saturated carbocycles. The number of nitriles is 1. The highest BCUT2D eigenvalue weighted by molar-refractivity contribution is 7.15. The van der Waals surface area contributed by atoms with Crippen LogP contribution in [0.4, 0.5) is 5.13 Å². The summed E-state index contributed by atoms with van der Waals surface area (Å²) in [6.07, 6.45) is 4.31. The molecule has 0 aliphatic carbocycles. The monoisotopic (exact) mass is 300 g/mol. The number of anilines is 1. The van der Waals surface area contributed by atoms with Gasteiger partial charge in [0.2, 0.25) is 5.13 Å². The van der Waals surface area contributed by atoms with Crippen LogP contribution in [0.3, 0.4) is 0 Å². The molecule has 0 fully saturated rings. The molecule has 0 spiro atoms. The fourth-order valence-electron chi connectivity index (χ4n) is 1.83. The van der Waals surface area contributed by atoms with Gasteiger partial charge in [-0.2, -0.15) is 5.26 Å². The molecule has 21 heavy (non-hydrogen) atoms. The van der Waals surface area contributed by atoms with Gasteiger partial charge in [0.15, 0.2) is 0 Å². The highest BCUT2D eigenvalue weighted by Crippen LogP contribution is 2.18. The lowest BCUT2D eigenvalue weighted by molar-refractivity contribution is 0.102. The number of amides is 1. The Morgan fingerprint density at radius 3 is 3.00 bits per heavy atom. The van der Waals surface area contributed by atoms with Crippen molar-refractivity contribution < 1.29 is 4.79 Å². The molecule has 1 heterocycles. The number of nitrogens with one attached hydrogen (secondary N) is 1. The molecule has 2 rings (SSSR count). The van der Waals surface area contributed by atoms with Crippen LogP contribution in [0.25, 0.3) is 0 Å². The maximum atomic E-state index is 12.1. The third-order valence-corrected chi connectivity index (χ3v) is 3.83. The number of carbonyl (C=O) groups excluding carboxylic acids is 1. The maximum absolute atomic E-state index is 12.1. The molecule has 0 radical (unpaired) electrons. The van der Waals surface area contributed by atoms with Crippen LogP contribution in [-0.4, -0.2) is 16.1 Å². The first-order chi connectivity index (χ1) is 10.2. The highest BCUT2D eigenvalue weighted by Gasteiger charge is 2.10. The van der Waals surface area contributed by atoms with Crippen LogP contribution in [0.1, 0.15) is 47.1 Å². The minimum Gasteiger partial charge on any atom is -0.296 e. The molecule has 1 amide bonds. The van der Waals surface area contributed by atoms with Crippen LogP contribution in [-0.2, 0) is 6.42 Å². The molecule has 0 aliphatic rings. The summed E-state index contributed by atoms with van der Waals surface area (Å²) in [6.45, 7) is 2.15. The predicted octanol–water partition coefficient (Wildman–Crippen LogP) is 3.39. The molecular weight excluding hydrogens is 284 g/mol. The molecule has 6 heteroatoms. The highest BCUT2D eigenvalue weighted by atomic mass is 32.1. The number of rotatable bonds is 6. The van der Waals surface area contributed by atoms with Gasteiger partial charge in [-0.1, -0.05) is 37.2 Å². The molecule has 1 aromatic heterocycles. The Labute approximate surface area is 127 Å². The minimum absolute atomic E-state index is 0.275. The average Bonchev–Trinajstić information content (AvgIpc) is 2.95. The second-order valence-electron chi connectivity index (χ2n) is 4.60. The van der Waals surface area contributed by atoms with Crippen LogP contribution in [0.2, 0.25) is 0 Å². The molecule has 1 N–H and O–H groups in total. The van der Waals surface area contributed by atoms with Crippen molar-refractivity contribution in [2.75, 3.05) is 5.32 Å². The van der Waals surface area contributed by atoms with Crippen molar-refractivity contribution in [3.63, 3.8) is 0 Å². The number of carbonyl (C=O) groups is 1. The lowest BCUT2D eigenvalue weighted by Gasteiger charge is -2.01. The number of nitrogens with zero attached hydrogens (tertiary/aromatic N) is 3. The lowest BCUT2D eigenvalue weighted by Crippen LogP contribution is -2.11. The molecule has 0 unspecified atom stereocenters. The minimum atomic E-state index is -0.275. The third-order valence-electron chi connectivity index (χ3n) is 2.94. The SMILES string of the molecule is CCCCCc1nnc(NC(=O)c2cccc(C#N)c2)s1. The first-order valence-electron chi connectivity index (χ1n) is 6.87. The van der Waals surface area contributed by atoms with Gasteiger partial charge in [0, 0.05) is 12.0 Å². The van der Waals surface area contributed by atoms with Crippen LogP contribution < -0.4 is 5.32 Å². The van der Waals surface area contributed by atoms with E-state index in [9.17, 15) is 4.79 Å². The second kappa shape index (κ2) is 7.50. The largest absolute Gasteiger partial charge is 0.296 e. The zero-order valence-electron chi connectivity index (χ0n) is 11.8. The van der Waals surface area contributed by atoms with Crippen molar-refractivity contribution in [2.24, 2.45) is 0 Å². The van der Waals surface area contributed by atoms with E-state index in [4.69, 9.17) is 5.26 Å². The van der Waals surface area contributed by atoms with E-state index < -0.39 is 0 Å². The quantitative estimate of drug-likeness (QED) is 0.829. The van der Waals surface area contributed by atoms with Gasteiger partial charge in [-0.3, -0.25) is 10.1 Å². The smallest absolute Gasteiger partial charge is 0.257 e. The number of hydrogen-bond acceptors (Lipinski definition) is 5. The lowest BCUT2D eigenvalue weighted by atomic mass is 10.1. The van der Waals surface area contributed by atoms with Gasteiger partial charge < -0.3 is 0 Å². The molecule has 0 saturated heterocycles. The molecule has 5 nitrogen and oxygen atoms in total. The fraction of sp³-hybridized carbons (Fsp3) is 0.333. The molecule has 2 aromatic rings. The predicted molar refractivity (Wildman–Crippen MR) is 82.2 cm³/mol. The number of unbranched alkanes of at least 4 members (excludes halogenated alkanes) is 2. The van der Waals surface area contributed by atoms with Crippen molar-refractivity contribution >= 4 is 22.4 Å². The molecule has 1 aromatic carbocycles. The van der Waals surface area contributed by atoms with Crippen LogP contribution >= 0.6 is 11.3 Å². The summed E-state index contributed by atoms with van der Waals surface area (Å²) >= 11 is 1.40. The van der Waals surface area contributed by atoms with E-state index in [0.29, 0.717) is 16.3 Å². The first kappa shape index (κ1) is 15.1. The summed E-state index contributed by atoms with van der Waals surface area (Å²) < 4.78 is 0. The summed E-state index contributed by atoms with van der Waals surface area (Å²) in [5, 5.41) is 21.0. The van der Waals surface area contributed by atoms with Crippen molar-refractivity contribution in [2.45, 2.75) is 32.6 Å². The van der Waals surface area contributed by atoms with Gasteiger partial charge in [0.05, 0.1) is 11.6 Å². The van der Waals surface area contributed by atoms with Gasteiger partial charge in [-0.25, -0.2) is 0 Å². The van der Waals surface area contributed by atoms with E-state index in [1.807, 2.05) is 6.07 Å². The van der Waals surface area contributed by atoms with Gasteiger partial charge >= 0.3 is 0 Å². The number of benzene rings is 1. The Hall–Kier alpha value is -2.26. The summed E-state index contributed by atoms with van der Waals surface area (Å²) in [6, 6.07) is 8.58. The molecule has 0 atom stereocenters. The fourth-order valence-corrected chi connectivity index (χ4v) is 2.61. The van der Waals surface area contributed by atoms with Crippen molar-refractivity contribution in [1.82, 2.24) is 10.2 Å². The topological polar surface area (TPSA) is 78.7 Å². The zero-order chi connectivity index (χ0) is 15.1. The second-order valence-corrected chi connectivity index (χ2v) is 5.67. The normalized spacial score (nSPS) is 10.1. The van der Waals surface area contributed by atoms with E-state index in [1.165, 1.54) is 17.8 Å². The summed E-state index contributed by atoms with van der Waals surface area (Å²) in [7, 11) is 0. The van der Waals surface area contributed by atoms with Gasteiger partial charge in [0.25, 0.3) is 5.91 Å². The molecular formula is C15H16N4OS. The summed E-state index contributed by atoms with van der Waals surface area (Å²) in [4.78, 5) is 12.1. The number of hydrogen-bond donors (Lipinski definition) is 1. The number of aromatic nitrogens is 2. The van der Waals surface area contributed by atoms with E-state index >= 15 is 0 Å². The molecule has 108 valence electrons. The van der Waals surface area contributed by atoms with E-state index in [-0.39, 0.29) is 5.91 Å². The summed E-state index contributed by atoms with van der Waals surface area (Å²) in [5.74, 6) is -0.275. The Balaban J connectivity index is 1.98. The van der Waals surface area contributed by atoms with Gasteiger partial charge in [-0.05, 0) is 24.6 Å². The van der Waals surface area contributed by atoms with E-state index in [0.717, 1.165) is 24.3 Å². The third kappa shape index (κ3) is 4.36. The van der Waals surface area contributed by atoms with Crippen molar-refractivity contribution in [3.8, 4) is 6.07 Å². The molecule has 0 bridgehead atoms. The van der Waals surface area contributed by atoms with Crippen LogP contribution in [0.5, 0.6) is 0 Å². The van der Waals surface area contributed by atoms with Gasteiger partial charge in [0.1, 0.15) is 5.01 Å². The number of aryl methyl sites for hydroxylation is 1. The Bertz CT molecular complexity index is 660. The summed E-state index contributed by atoms with van der Waals surface area (Å²) in [5.41, 5.74) is 0.900. The zero-order valence-corrected chi connectivity index (χ0v) is 12.6. The Morgan fingerprint density at radius 2 is 2.24 bits per heavy atom.